The van der Waals surface area contributed by atoms with Gasteiger partial charge in [-0.3, -0.25) is 4.79 Å². The van der Waals surface area contributed by atoms with Crippen molar-refractivity contribution in [3.63, 3.8) is 0 Å². The predicted octanol–water partition coefficient (Wildman–Crippen LogP) is 2.15. The topological polar surface area (TPSA) is 20.3 Å². The molecule has 13 heavy (non-hydrogen) atoms. The van der Waals surface area contributed by atoms with Crippen LogP contribution in [0.25, 0.3) is 0 Å². The van der Waals surface area contributed by atoms with Crippen LogP contribution in [0.5, 0.6) is 0 Å². The molecule has 0 aromatic heterocycles. The number of likely N-dealkylation sites (tertiary alicyclic amines) is 1. The average molecular weight is 183 g/mol. The van der Waals surface area contributed by atoms with Gasteiger partial charge in [0.25, 0.3) is 0 Å². The third kappa shape index (κ3) is 2.45. The smallest absolute Gasteiger partial charge is 0.225 e. The standard InChI is InChI=1S/C11H21NO/c1-8(2)11(13)12-6-5-9(3)10(4)7-12/h8-10H,5-7H2,1-4H3/t9-,10+/m1/s1. The van der Waals surface area contributed by atoms with Crippen LogP contribution in [0.4, 0.5) is 0 Å². The minimum Gasteiger partial charge on any atom is -0.342 e. The van der Waals surface area contributed by atoms with Gasteiger partial charge in [0.15, 0.2) is 0 Å². The number of rotatable bonds is 1. The second-order valence-corrected chi connectivity index (χ2v) is 4.68. The molecule has 0 saturated carbocycles. The first kappa shape index (κ1) is 10.6. The van der Waals surface area contributed by atoms with Crippen LogP contribution in [0.1, 0.15) is 34.1 Å². The molecule has 0 radical (unpaired) electrons. The van der Waals surface area contributed by atoms with Gasteiger partial charge in [-0.1, -0.05) is 27.7 Å². The second-order valence-electron chi connectivity index (χ2n) is 4.68. The second kappa shape index (κ2) is 4.12. The zero-order valence-corrected chi connectivity index (χ0v) is 9.21. The lowest BCUT2D eigenvalue weighted by Crippen LogP contribution is -2.43. The van der Waals surface area contributed by atoms with Crippen LogP contribution in [-0.2, 0) is 4.79 Å². The van der Waals surface area contributed by atoms with E-state index in [9.17, 15) is 4.79 Å². The van der Waals surface area contributed by atoms with Crippen LogP contribution in [0, 0.1) is 17.8 Å². The molecule has 1 saturated heterocycles. The number of piperidine rings is 1. The molecule has 2 atom stereocenters. The van der Waals surface area contributed by atoms with Crippen LogP contribution >= 0.6 is 0 Å². The van der Waals surface area contributed by atoms with E-state index in [1.165, 1.54) is 6.42 Å². The Balaban J connectivity index is 2.50. The normalized spacial score (nSPS) is 29.5. The summed E-state index contributed by atoms with van der Waals surface area (Å²) < 4.78 is 0. The molecule has 0 N–H and O–H groups in total. The Morgan fingerprint density at radius 1 is 1.31 bits per heavy atom. The molecular weight excluding hydrogens is 162 g/mol. The molecule has 0 aromatic carbocycles. The molecule has 0 bridgehead atoms. The summed E-state index contributed by atoms with van der Waals surface area (Å²) in [6, 6.07) is 0. The Bertz CT molecular complexity index is 189. The van der Waals surface area contributed by atoms with Gasteiger partial charge in [0, 0.05) is 19.0 Å². The Kier molecular flexibility index (Phi) is 3.34. The molecule has 0 spiro atoms. The van der Waals surface area contributed by atoms with E-state index in [-0.39, 0.29) is 5.92 Å². The Morgan fingerprint density at radius 2 is 1.92 bits per heavy atom. The van der Waals surface area contributed by atoms with E-state index in [1.807, 2.05) is 18.7 Å². The van der Waals surface area contributed by atoms with Gasteiger partial charge in [0.05, 0.1) is 0 Å². The van der Waals surface area contributed by atoms with Crippen LogP contribution in [0.2, 0.25) is 0 Å². The maximum atomic E-state index is 11.7. The molecule has 1 aliphatic rings. The predicted molar refractivity (Wildman–Crippen MR) is 54.4 cm³/mol. The van der Waals surface area contributed by atoms with E-state index in [0.717, 1.165) is 19.0 Å². The molecular formula is C11H21NO. The highest BCUT2D eigenvalue weighted by Gasteiger charge is 2.26. The SMILES string of the molecule is CC(C)C(=O)N1CC[C@@H](C)[C@@H](C)C1. The Labute approximate surface area is 81.3 Å². The van der Waals surface area contributed by atoms with Crippen molar-refractivity contribution in [2.75, 3.05) is 13.1 Å². The van der Waals surface area contributed by atoms with Crippen molar-refractivity contribution < 1.29 is 4.79 Å². The van der Waals surface area contributed by atoms with Crippen molar-refractivity contribution in [1.82, 2.24) is 4.90 Å². The highest BCUT2D eigenvalue weighted by Crippen LogP contribution is 2.23. The monoisotopic (exact) mass is 183 g/mol. The third-order valence-corrected chi connectivity index (χ3v) is 3.14. The summed E-state index contributed by atoms with van der Waals surface area (Å²) in [5.74, 6) is 1.91. The van der Waals surface area contributed by atoms with Gasteiger partial charge in [0.2, 0.25) is 5.91 Å². The summed E-state index contributed by atoms with van der Waals surface area (Å²) in [5, 5.41) is 0. The van der Waals surface area contributed by atoms with Crippen molar-refractivity contribution in [3.8, 4) is 0 Å². The lowest BCUT2D eigenvalue weighted by atomic mass is 9.88. The fourth-order valence-corrected chi connectivity index (χ4v) is 1.83. The van der Waals surface area contributed by atoms with E-state index in [0.29, 0.717) is 11.8 Å². The first-order valence-corrected chi connectivity index (χ1v) is 5.31. The molecule has 1 amide bonds. The van der Waals surface area contributed by atoms with E-state index < -0.39 is 0 Å². The summed E-state index contributed by atoms with van der Waals surface area (Å²) in [6.45, 7) is 10.4. The fourth-order valence-electron chi connectivity index (χ4n) is 1.83. The molecule has 2 nitrogen and oxygen atoms in total. The minimum atomic E-state index is 0.153. The fraction of sp³-hybridized carbons (Fsp3) is 0.909. The van der Waals surface area contributed by atoms with Crippen LogP contribution < -0.4 is 0 Å². The van der Waals surface area contributed by atoms with Crippen molar-refractivity contribution in [2.24, 2.45) is 17.8 Å². The molecule has 0 unspecified atom stereocenters. The van der Waals surface area contributed by atoms with Gasteiger partial charge >= 0.3 is 0 Å². The van der Waals surface area contributed by atoms with Crippen molar-refractivity contribution in [1.29, 1.82) is 0 Å². The lowest BCUT2D eigenvalue weighted by Gasteiger charge is -2.36. The summed E-state index contributed by atoms with van der Waals surface area (Å²) in [7, 11) is 0. The number of amides is 1. The molecule has 2 heteroatoms. The number of nitrogens with zero attached hydrogens (tertiary/aromatic N) is 1. The summed E-state index contributed by atoms with van der Waals surface area (Å²) in [6.07, 6.45) is 1.17. The van der Waals surface area contributed by atoms with E-state index in [4.69, 9.17) is 0 Å². The van der Waals surface area contributed by atoms with Crippen molar-refractivity contribution in [3.05, 3.63) is 0 Å². The molecule has 1 heterocycles. The van der Waals surface area contributed by atoms with Crippen molar-refractivity contribution in [2.45, 2.75) is 34.1 Å². The van der Waals surface area contributed by atoms with Crippen LogP contribution in [-0.4, -0.2) is 23.9 Å². The lowest BCUT2D eigenvalue weighted by molar-refractivity contribution is -0.136. The first-order valence-electron chi connectivity index (χ1n) is 5.31. The number of hydrogen-bond acceptors (Lipinski definition) is 1. The molecule has 76 valence electrons. The van der Waals surface area contributed by atoms with Gasteiger partial charge < -0.3 is 4.90 Å². The van der Waals surface area contributed by atoms with Gasteiger partial charge in [-0.15, -0.1) is 0 Å². The maximum absolute atomic E-state index is 11.7. The Hall–Kier alpha value is -0.530. The molecule has 0 aliphatic carbocycles. The highest BCUT2D eigenvalue weighted by atomic mass is 16.2. The highest BCUT2D eigenvalue weighted by molar-refractivity contribution is 5.78. The van der Waals surface area contributed by atoms with Crippen LogP contribution in [0.3, 0.4) is 0 Å². The summed E-state index contributed by atoms with van der Waals surface area (Å²) >= 11 is 0. The van der Waals surface area contributed by atoms with Crippen LogP contribution in [0.15, 0.2) is 0 Å². The van der Waals surface area contributed by atoms with E-state index >= 15 is 0 Å². The number of carbonyl (C=O) groups excluding carboxylic acids is 1. The Morgan fingerprint density at radius 3 is 2.38 bits per heavy atom. The average Bonchev–Trinajstić information content (AvgIpc) is 2.08. The van der Waals surface area contributed by atoms with Gasteiger partial charge in [-0.25, -0.2) is 0 Å². The van der Waals surface area contributed by atoms with Crippen molar-refractivity contribution >= 4 is 5.91 Å². The number of hydrogen-bond donors (Lipinski definition) is 0. The maximum Gasteiger partial charge on any atom is 0.225 e. The zero-order valence-electron chi connectivity index (χ0n) is 9.21. The van der Waals surface area contributed by atoms with Gasteiger partial charge in [0.1, 0.15) is 0 Å². The van der Waals surface area contributed by atoms with Gasteiger partial charge in [-0.2, -0.15) is 0 Å². The molecule has 1 aliphatic heterocycles. The van der Waals surface area contributed by atoms with Gasteiger partial charge in [-0.05, 0) is 18.3 Å². The zero-order chi connectivity index (χ0) is 10.0. The first-order chi connectivity index (χ1) is 6.02. The van der Waals surface area contributed by atoms with E-state index in [2.05, 4.69) is 13.8 Å². The largest absolute Gasteiger partial charge is 0.342 e. The molecule has 0 aromatic rings. The molecule has 1 fully saturated rings. The molecule has 1 rings (SSSR count). The number of carbonyl (C=O) groups is 1. The summed E-state index contributed by atoms with van der Waals surface area (Å²) in [5.41, 5.74) is 0. The quantitative estimate of drug-likeness (QED) is 0.610. The van der Waals surface area contributed by atoms with E-state index in [1.54, 1.807) is 0 Å². The third-order valence-electron chi connectivity index (χ3n) is 3.14. The minimum absolute atomic E-state index is 0.153. The summed E-state index contributed by atoms with van der Waals surface area (Å²) in [4.78, 5) is 13.7.